The van der Waals surface area contributed by atoms with Crippen molar-refractivity contribution in [3.05, 3.63) is 41.5 Å². The van der Waals surface area contributed by atoms with Crippen molar-refractivity contribution in [2.75, 3.05) is 0 Å². The first-order valence-corrected chi connectivity index (χ1v) is 4.44. The van der Waals surface area contributed by atoms with Crippen LogP contribution >= 0.6 is 0 Å². The van der Waals surface area contributed by atoms with E-state index in [0.29, 0.717) is 0 Å². The van der Waals surface area contributed by atoms with Crippen LogP contribution in [0.3, 0.4) is 0 Å². The van der Waals surface area contributed by atoms with E-state index in [1.165, 1.54) is 0 Å². The second-order valence-corrected chi connectivity index (χ2v) is 2.99. The Hall–Kier alpha value is -1.55. The highest BCUT2D eigenvalue weighted by Gasteiger charge is 2.02. The van der Waals surface area contributed by atoms with Crippen molar-refractivity contribution >= 4 is 5.57 Å². The molecule has 1 rings (SSSR count). The van der Waals surface area contributed by atoms with Gasteiger partial charge in [0.05, 0.1) is 11.6 Å². The lowest BCUT2D eigenvalue weighted by molar-refractivity contribution is 1.10. The quantitative estimate of drug-likeness (QED) is 0.626. The molecule has 0 radical (unpaired) electrons. The molecule has 0 fully saturated rings. The molecule has 1 nitrogen and oxygen atoms in total. The van der Waals surface area contributed by atoms with Gasteiger partial charge in [0, 0.05) is 0 Å². The van der Waals surface area contributed by atoms with Crippen LogP contribution in [0.15, 0.2) is 35.9 Å². The zero-order chi connectivity index (χ0) is 9.68. The molecule has 0 atom stereocenters. The van der Waals surface area contributed by atoms with Crippen molar-refractivity contribution in [2.45, 2.75) is 20.3 Å². The summed E-state index contributed by atoms with van der Waals surface area (Å²) in [6.07, 6.45) is 0.928. The zero-order valence-electron chi connectivity index (χ0n) is 8.04. The van der Waals surface area contributed by atoms with E-state index >= 15 is 0 Å². The molecule has 0 bridgehead atoms. The number of hydrogen-bond donors (Lipinski definition) is 0. The Labute approximate surface area is 79.3 Å². The van der Waals surface area contributed by atoms with E-state index in [1.807, 2.05) is 37.3 Å². The molecule has 0 N–H and O–H groups in total. The fourth-order valence-electron chi connectivity index (χ4n) is 1.19. The lowest BCUT2D eigenvalue weighted by Crippen LogP contribution is -1.85. The highest BCUT2D eigenvalue weighted by Crippen LogP contribution is 2.19. The van der Waals surface area contributed by atoms with Crippen LogP contribution in [0.5, 0.6) is 0 Å². The van der Waals surface area contributed by atoms with Crippen LogP contribution in [0, 0.1) is 11.3 Å². The van der Waals surface area contributed by atoms with Crippen LogP contribution in [0.25, 0.3) is 5.57 Å². The van der Waals surface area contributed by atoms with E-state index < -0.39 is 0 Å². The maximum atomic E-state index is 8.97. The van der Waals surface area contributed by atoms with Crippen LogP contribution in [0.1, 0.15) is 25.8 Å². The number of rotatable bonds is 2. The maximum Gasteiger partial charge on any atom is 0.0997 e. The van der Waals surface area contributed by atoms with Gasteiger partial charge in [0.25, 0.3) is 0 Å². The molecule has 13 heavy (non-hydrogen) atoms. The lowest BCUT2D eigenvalue weighted by Gasteiger charge is -2.02. The first kappa shape index (κ1) is 9.54. The van der Waals surface area contributed by atoms with Gasteiger partial charge in [0.2, 0.25) is 0 Å². The van der Waals surface area contributed by atoms with Crippen LogP contribution < -0.4 is 0 Å². The summed E-state index contributed by atoms with van der Waals surface area (Å²) in [7, 11) is 0. The monoisotopic (exact) mass is 171 g/mol. The summed E-state index contributed by atoms with van der Waals surface area (Å²) < 4.78 is 0. The smallest absolute Gasteiger partial charge is 0.0997 e. The number of nitriles is 1. The molecule has 0 spiro atoms. The standard InChI is InChI=1S/C12H13N/c1-3-10(2)12(9-13)11-7-5-4-6-8-11/h4-8H,3H2,1-2H3. The minimum absolute atomic E-state index is 0.808. The van der Waals surface area contributed by atoms with Crippen LogP contribution in [-0.4, -0.2) is 0 Å². The molecule has 1 aromatic rings. The molecule has 0 aromatic heterocycles. The Balaban J connectivity index is 3.15. The predicted molar refractivity (Wildman–Crippen MR) is 54.9 cm³/mol. The number of benzene rings is 1. The average molecular weight is 171 g/mol. The average Bonchev–Trinajstić information content (AvgIpc) is 2.20. The number of allylic oxidation sites excluding steroid dienone is 2. The van der Waals surface area contributed by atoms with E-state index in [2.05, 4.69) is 13.0 Å². The minimum atomic E-state index is 0.808. The largest absolute Gasteiger partial charge is 0.192 e. The van der Waals surface area contributed by atoms with E-state index in [0.717, 1.165) is 23.1 Å². The van der Waals surface area contributed by atoms with Gasteiger partial charge in [-0.25, -0.2) is 0 Å². The van der Waals surface area contributed by atoms with Crippen molar-refractivity contribution in [3.8, 4) is 6.07 Å². The Bertz CT molecular complexity index is 341. The van der Waals surface area contributed by atoms with Crippen molar-refractivity contribution in [3.63, 3.8) is 0 Å². The van der Waals surface area contributed by atoms with Gasteiger partial charge >= 0.3 is 0 Å². The molecule has 0 aliphatic rings. The fraction of sp³-hybridized carbons (Fsp3) is 0.250. The Morgan fingerprint density at radius 2 is 1.92 bits per heavy atom. The summed E-state index contributed by atoms with van der Waals surface area (Å²) >= 11 is 0. The van der Waals surface area contributed by atoms with Gasteiger partial charge in [-0.3, -0.25) is 0 Å². The summed E-state index contributed by atoms with van der Waals surface area (Å²) in [5.74, 6) is 0. The molecule has 0 saturated carbocycles. The fourth-order valence-corrected chi connectivity index (χ4v) is 1.19. The van der Waals surface area contributed by atoms with E-state index in [4.69, 9.17) is 5.26 Å². The first-order valence-electron chi connectivity index (χ1n) is 4.44. The Morgan fingerprint density at radius 3 is 2.38 bits per heavy atom. The SMILES string of the molecule is CCC(C)=C(C#N)c1ccccc1. The van der Waals surface area contributed by atoms with Crippen molar-refractivity contribution in [2.24, 2.45) is 0 Å². The minimum Gasteiger partial charge on any atom is -0.192 e. The predicted octanol–water partition coefficient (Wildman–Crippen LogP) is 3.39. The molecule has 0 aliphatic carbocycles. The van der Waals surface area contributed by atoms with E-state index in [1.54, 1.807) is 0 Å². The van der Waals surface area contributed by atoms with Gasteiger partial charge in [-0.15, -0.1) is 0 Å². The van der Waals surface area contributed by atoms with Gasteiger partial charge in [-0.05, 0) is 18.9 Å². The normalized spacial score (nSPS) is 11.8. The third-order valence-electron chi connectivity index (χ3n) is 2.13. The highest BCUT2D eigenvalue weighted by atomic mass is 14.3. The summed E-state index contributed by atoms with van der Waals surface area (Å²) in [6, 6.07) is 12.1. The second kappa shape index (κ2) is 4.47. The molecular formula is C12H13N. The molecule has 1 heteroatoms. The van der Waals surface area contributed by atoms with Crippen molar-refractivity contribution < 1.29 is 0 Å². The van der Waals surface area contributed by atoms with E-state index in [-0.39, 0.29) is 0 Å². The number of nitrogens with zero attached hydrogens (tertiary/aromatic N) is 1. The van der Waals surface area contributed by atoms with Gasteiger partial charge in [0.15, 0.2) is 0 Å². The number of hydrogen-bond acceptors (Lipinski definition) is 1. The van der Waals surface area contributed by atoms with Crippen molar-refractivity contribution in [1.29, 1.82) is 5.26 Å². The summed E-state index contributed by atoms with van der Waals surface area (Å²) in [5.41, 5.74) is 2.97. The van der Waals surface area contributed by atoms with Gasteiger partial charge in [0.1, 0.15) is 0 Å². The summed E-state index contributed by atoms with van der Waals surface area (Å²) in [5, 5.41) is 8.97. The molecule has 0 amide bonds. The van der Waals surface area contributed by atoms with E-state index in [9.17, 15) is 0 Å². The maximum absolute atomic E-state index is 8.97. The molecule has 1 aromatic carbocycles. The molecular weight excluding hydrogens is 158 g/mol. The molecule has 0 aliphatic heterocycles. The molecule has 0 saturated heterocycles. The third-order valence-corrected chi connectivity index (χ3v) is 2.13. The van der Waals surface area contributed by atoms with Gasteiger partial charge < -0.3 is 0 Å². The molecule has 0 unspecified atom stereocenters. The van der Waals surface area contributed by atoms with Crippen molar-refractivity contribution in [1.82, 2.24) is 0 Å². The first-order chi connectivity index (χ1) is 6.29. The van der Waals surface area contributed by atoms with Crippen LogP contribution in [0.4, 0.5) is 0 Å². The van der Waals surface area contributed by atoms with Crippen LogP contribution in [-0.2, 0) is 0 Å². The van der Waals surface area contributed by atoms with Gasteiger partial charge in [-0.1, -0.05) is 42.8 Å². The second-order valence-electron chi connectivity index (χ2n) is 2.99. The molecule has 66 valence electrons. The third kappa shape index (κ3) is 2.19. The Morgan fingerprint density at radius 1 is 1.31 bits per heavy atom. The zero-order valence-corrected chi connectivity index (χ0v) is 8.04. The summed E-state index contributed by atoms with van der Waals surface area (Å²) in [4.78, 5) is 0. The molecule has 0 heterocycles. The Kier molecular flexibility index (Phi) is 3.28. The van der Waals surface area contributed by atoms with Crippen LogP contribution in [0.2, 0.25) is 0 Å². The van der Waals surface area contributed by atoms with Gasteiger partial charge in [-0.2, -0.15) is 5.26 Å². The topological polar surface area (TPSA) is 23.8 Å². The summed E-state index contributed by atoms with van der Waals surface area (Å²) in [6.45, 7) is 4.07. The lowest BCUT2D eigenvalue weighted by atomic mass is 10.0. The highest BCUT2D eigenvalue weighted by molar-refractivity contribution is 5.78.